The van der Waals surface area contributed by atoms with E-state index in [1.54, 1.807) is 11.3 Å². The molecule has 0 unspecified atom stereocenters. The van der Waals surface area contributed by atoms with Gasteiger partial charge >= 0.3 is 0 Å². The predicted octanol–water partition coefficient (Wildman–Crippen LogP) is 4.92. The number of hydrogen-bond donors (Lipinski definition) is 2. The van der Waals surface area contributed by atoms with Gasteiger partial charge in [0, 0.05) is 41.5 Å². The summed E-state index contributed by atoms with van der Waals surface area (Å²) in [6, 6.07) is 12.1. The topological polar surface area (TPSA) is 57.8 Å². The molecule has 0 aliphatic rings. The maximum Gasteiger partial charge on any atom is 0.221 e. The van der Waals surface area contributed by atoms with E-state index < -0.39 is 0 Å². The summed E-state index contributed by atoms with van der Waals surface area (Å²) in [5, 5.41) is 8.06. The molecular formula is C19H15N3OS. The number of rotatable bonds is 3. The molecule has 3 heterocycles. The lowest BCUT2D eigenvalue weighted by Gasteiger charge is -2.05. The van der Waals surface area contributed by atoms with Gasteiger partial charge in [0.1, 0.15) is 5.65 Å². The van der Waals surface area contributed by atoms with E-state index >= 15 is 0 Å². The molecule has 0 spiro atoms. The first-order chi connectivity index (χ1) is 11.7. The van der Waals surface area contributed by atoms with E-state index in [1.165, 1.54) is 12.5 Å². The van der Waals surface area contributed by atoms with Crippen LogP contribution >= 0.6 is 11.3 Å². The molecule has 0 saturated heterocycles. The van der Waals surface area contributed by atoms with Gasteiger partial charge < -0.3 is 10.3 Å². The van der Waals surface area contributed by atoms with Gasteiger partial charge in [-0.25, -0.2) is 4.98 Å². The van der Waals surface area contributed by atoms with Crippen molar-refractivity contribution in [2.45, 2.75) is 6.92 Å². The van der Waals surface area contributed by atoms with E-state index in [9.17, 15) is 4.79 Å². The largest absolute Gasteiger partial charge is 0.346 e. The lowest BCUT2D eigenvalue weighted by Crippen LogP contribution is -2.05. The molecule has 3 aromatic heterocycles. The minimum Gasteiger partial charge on any atom is -0.346 e. The zero-order valence-electron chi connectivity index (χ0n) is 13.0. The van der Waals surface area contributed by atoms with Crippen LogP contribution in [0.4, 0.5) is 5.69 Å². The molecule has 0 aliphatic carbocycles. The van der Waals surface area contributed by atoms with E-state index in [1.807, 2.05) is 36.7 Å². The van der Waals surface area contributed by atoms with Crippen molar-refractivity contribution in [1.82, 2.24) is 9.97 Å². The number of aromatic nitrogens is 2. The van der Waals surface area contributed by atoms with Crippen LogP contribution in [0.2, 0.25) is 0 Å². The Morgan fingerprint density at radius 3 is 2.67 bits per heavy atom. The van der Waals surface area contributed by atoms with Crippen molar-refractivity contribution < 1.29 is 4.79 Å². The van der Waals surface area contributed by atoms with Crippen molar-refractivity contribution in [1.29, 1.82) is 0 Å². The van der Waals surface area contributed by atoms with Gasteiger partial charge in [0.05, 0.1) is 0 Å². The summed E-state index contributed by atoms with van der Waals surface area (Å²) in [6.45, 7) is 1.51. The van der Waals surface area contributed by atoms with Crippen LogP contribution in [0.5, 0.6) is 0 Å². The number of fused-ring (bicyclic) bond motifs is 1. The normalized spacial score (nSPS) is 10.9. The summed E-state index contributed by atoms with van der Waals surface area (Å²) in [5.41, 5.74) is 6.14. The maximum atomic E-state index is 11.1. The second kappa shape index (κ2) is 5.94. The van der Waals surface area contributed by atoms with Crippen LogP contribution in [0.1, 0.15) is 6.92 Å². The van der Waals surface area contributed by atoms with Gasteiger partial charge in [-0.05, 0) is 46.2 Å². The predicted molar refractivity (Wildman–Crippen MR) is 99.1 cm³/mol. The number of nitrogens with zero attached hydrogens (tertiary/aromatic N) is 1. The van der Waals surface area contributed by atoms with Crippen LogP contribution in [-0.4, -0.2) is 15.9 Å². The molecule has 1 amide bonds. The first-order valence-electron chi connectivity index (χ1n) is 7.58. The van der Waals surface area contributed by atoms with E-state index in [0.29, 0.717) is 0 Å². The van der Waals surface area contributed by atoms with Crippen LogP contribution in [0, 0.1) is 0 Å². The summed E-state index contributed by atoms with van der Waals surface area (Å²) in [7, 11) is 0. The van der Waals surface area contributed by atoms with Gasteiger partial charge in [0.2, 0.25) is 5.91 Å². The molecule has 24 heavy (non-hydrogen) atoms. The molecule has 0 bridgehead atoms. The van der Waals surface area contributed by atoms with Crippen molar-refractivity contribution in [2.75, 3.05) is 5.32 Å². The van der Waals surface area contributed by atoms with Gasteiger partial charge in [0.25, 0.3) is 0 Å². The second-order valence-corrected chi connectivity index (χ2v) is 6.37. The average molecular weight is 333 g/mol. The fourth-order valence-electron chi connectivity index (χ4n) is 2.77. The standard InChI is InChI=1S/C19H15N3OS/c1-12(23)22-16-4-2-13(3-5-16)18-10-21-19-17(18)8-15(9-20-19)14-6-7-24-11-14/h2-11H,1H3,(H,20,21)(H,22,23). The summed E-state index contributed by atoms with van der Waals surface area (Å²) in [6.07, 6.45) is 3.87. The van der Waals surface area contributed by atoms with Gasteiger partial charge in [-0.3, -0.25) is 4.79 Å². The number of thiophene rings is 1. The van der Waals surface area contributed by atoms with Crippen molar-refractivity contribution in [2.24, 2.45) is 0 Å². The van der Waals surface area contributed by atoms with Crippen molar-refractivity contribution in [3.05, 3.63) is 59.6 Å². The Balaban J connectivity index is 1.76. The van der Waals surface area contributed by atoms with Crippen LogP contribution in [0.15, 0.2) is 59.6 Å². The van der Waals surface area contributed by atoms with Crippen LogP contribution < -0.4 is 5.32 Å². The highest BCUT2D eigenvalue weighted by atomic mass is 32.1. The fourth-order valence-corrected chi connectivity index (χ4v) is 3.43. The highest BCUT2D eigenvalue weighted by Gasteiger charge is 2.09. The third kappa shape index (κ3) is 2.70. The number of nitrogens with one attached hydrogen (secondary N) is 2. The molecule has 0 fully saturated rings. The number of hydrogen-bond acceptors (Lipinski definition) is 3. The first-order valence-corrected chi connectivity index (χ1v) is 8.53. The molecule has 0 aliphatic heterocycles. The van der Waals surface area contributed by atoms with E-state index in [2.05, 4.69) is 38.2 Å². The molecule has 0 saturated carbocycles. The Kier molecular flexibility index (Phi) is 3.63. The number of pyridine rings is 1. The molecule has 1 aromatic carbocycles. The molecular weight excluding hydrogens is 318 g/mol. The Morgan fingerprint density at radius 1 is 1.12 bits per heavy atom. The minimum atomic E-state index is -0.0700. The molecule has 0 radical (unpaired) electrons. The number of carbonyl (C=O) groups excluding carboxylic acids is 1. The Bertz CT molecular complexity index is 1000. The Labute approximate surface area is 143 Å². The molecule has 4 aromatic rings. The van der Waals surface area contributed by atoms with Crippen LogP contribution in [0.25, 0.3) is 33.3 Å². The number of carbonyl (C=O) groups is 1. The quantitative estimate of drug-likeness (QED) is 0.559. The first kappa shape index (κ1) is 14.7. The van der Waals surface area contributed by atoms with Crippen LogP contribution in [-0.2, 0) is 4.79 Å². The van der Waals surface area contributed by atoms with Crippen molar-refractivity contribution >= 4 is 34.0 Å². The lowest BCUT2D eigenvalue weighted by molar-refractivity contribution is -0.114. The van der Waals surface area contributed by atoms with E-state index in [0.717, 1.165) is 33.4 Å². The summed E-state index contributed by atoms with van der Waals surface area (Å²) < 4.78 is 0. The third-order valence-corrected chi connectivity index (χ3v) is 4.59. The Morgan fingerprint density at radius 2 is 1.96 bits per heavy atom. The number of anilines is 1. The number of benzene rings is 1. The molecule has 118 valence electrons. The Hall–Kier alpha value is -2.92. The molecule has 5 heteroatoms. The zero-order valence-corrected chi connectivity index (χ0v) is 13.9. The summed E-state index contributed by atoms with van der Waals surface area (Å²) in [5.74, 6) is -0.0700. The van der Waals surface area contributed by atoms with E-state index in [-0.39, 0.29) is 5.91 Å². The molecule has 4 rings (SSSR count). The lowest BCUT2D eigenvalue weighted by atomic mass is 10.0. The summed E-state index contributed by atoms with van der Waals surface area (Å²) in [4.78, 5) is 18.9. The molecule has 0 atom stereocenters. The highest BCUT2D eigenvalue weighted by Crippen LogP contribution is 2.32. The van der Waals surface area contributed by atoms with E-state index in [4.69, 9.17) is 0 Å². The van der Waals surface area contributed by atoms with Gasteiger partial charge in [-0.15, -0.1) is 0 Å². The number of aromatic amines is 1. The average Bonchev–Trinajstić information content (AvgIpc) is 3.24. The second-order valence-electron chi connectivity index (χ2n) is 5.59. The molecule has 4 nitrogen and oxygen atoms in total. The highest BCUT2D eigenvalue weighted by molar-refractivity contribution is 7.08. The van der Waals surface area contributed by atoms with Gasteiger partial charge in [-0.1, -0.05) is 12.1 Å². The van der Waals surface area contributed by atoms with Crippen LogP contribution in [0.3, 0.4) is 0 Å². The monoisotopic (exact) mass is 333 g/mol. The number of amides is 1. The van der Waals surface area contributed by atoms with Gasteiger partial charge in [-0.2, -0.15) is 11.3 Å². The zero-order chi connectivity index (χ0) is 16.5. The fraction of sp³-hybridized carbons (Fsp3) is 0.0526. The summed E-state index contributed by atoms with van der Waals surface area (Å²) >= 11 is 1.68. The molecule has 2 N–H and O–H groups in total. The smallest absolute Gasteiger partial charge is 0.221 e. The third-order valence-electron chi connectivity index (χ3n) is 3.90. The number of H-pyrrole nitrogens is 1. The van der Waals surface area contributed by atoms with Crippen molar-refractivity contribution in [3.8, 4) is 22.3 Å². The maximum absolute atomic E-state index is 11.1. The van der Waals surface area contributed by atoms with Gasteiger partial charge in [0.15, 0.2) is 0 Å². The van der Waals surface area contributed by atoms with Crippen molar-refractivity contribution in [3.63, 3.8) is 0 Å². The minimum absolute atomic E-state index is 0.0700. The SMILES string of the molecule is CC(=O)Nc1ccc(-c2c[nH]c3ncc(-c4ccsc4)cc23)cc1.